The molecule has 1 fully saturated rings. The summed E-state index contributed by atoms with van der Waals surface area (Å²) >= 11 is 1.67. The Kier molecular flexibility index (Phi) is 9.82. The van der Waals surface area contributed by atoms with Gasteiger partial charge in [-0.1, -0.05) is 78.9 Å². The van der Waals surface area contributed by atoms with Gasteiger partial charge in [0, 0.05) is 23.8 Å². The summed E-state index contributed by atoms with van der Waals surface area (Å²) in [6.07, 6.45) is 4.60. The zero-order valence-electron chi connectivity index (χ0n) is 22.9. The molecule has 41 heavy (non-hydrogen) atoms. The fraction of sp³-hybridized carbons (Fsp3) is 0.267. The zero-order valence-corrected chi connectivity index (χ0v) is 23.7. The van der Waals surface area contributed by atoms with Gasteiger partial charge in [-0.2, -0.15) is 5.10 Å². The van der Waals surface area contributed by atoms with Crippen LogP contribution >= 0.6 is 11.8 Å². The first-order valence-corrected chi connectivity index (χ1v) is 13.9. The third-order valence-corrected chi connectivity index (χ3v) is 7.04. The predicted molar refractivity (Wildman–Crippen MR) is 164 cm³/mol. The number of aliphatic imine (C=N–C) groups is 2. The molecule has 0 saturated carbocycles. The monoisotopic (exact) mass is 580 g/mol. The number of ether oxygens (including phenoxy) is 1. The highest BCUT2D eigenvalue weighted by Crippen LogP contribution is 2.30. The number of alkyl halides is 3. The number of amidine groups is 2. The summed E-state index contributed by atoms with van der Waals surface area (Å²) < 4.78 is 41.2. The second-order valence-electron chi connectivity index (χ2n) is 9.63. The Morgan fingerprint density at radius 3 is 2.59 bits per heavy atom. The van der Waals surface area contributed by atoms with Crippen molar-refractivity contribution < 1.29 is 17.9 Å². The first-order chi connectivity index (χ1) is 19.6. The van der Waals surface area contributed by atoms with Gasteiger partial charge in [0.2, 0.25) is 0 Å². The molecule has 2 unspecified atom stereocenters. The average molecular weight is 581 g/mol. The molecule has 2 N–H and O–H groups in total. The van der Waals surface area contributed by atoms with Crippen molar-refractivity contribution in [3.63, 3.8) is 0 Å². The number of hydrogen-bond donors (Lipinski definition) is 1. The van der Waals surface area contributed by atoms with E-state index in [1.54, 1.807) is 24.9 Å². The SMILES string of the molecule is CC(C)=Cc1ccccc1N1CCS/C1=N/N=C\c1ccc(C(N)=NC=NC2C=CC(OC(F)(F)F)=CC2C)cc1. The normalized spacial score (nSPS) is 20.7. The van der Waals surface area contributed by atoms with Crippen molar-refractivity contribution in [1.29, 1.82) is 0 Å². The van der Waals surface area contributed by atoms with Gasteiger partial charge in [0.25, 0.3) is 0 Å². The number of para-hydroxylation sites is 1. The molecular formula is C30H31F3N6OS. The molecule has 0 aromatic heterocycles. The lowest BCUT2D eigenvalue weighted by Crippen LogP contribution is -2.24. The molecule has 1 aliphatic heterocycles. The highest BCUT2D eigenvalue weighted by Gasteiger charge is 2.32. The maximum absolute atomic E-state index is 12.4. The molecule has 0 spiro atoms. The second kappa shape index (κ2) is 13.5. The van der Waals surface area contributed by atoms with Crippen LogP contribution in [0, 0.1) is 5.92 Å². The number of allylic oxidation sites excluding steroid dienone is 2. The van der Waals surface area contributed by atoms with E-state index in [1.165, 1.54) is 30.1 Å². The standard InChI is InChI=1S/C30H31F3N6OS/c1-20(2)16-24-6-4-5-7-27(24)39-14-15-41-29(39)38-37-18-22-8-10-23(11-9-22)28(34)36-19-35-26-13-12-25(17-21(26)3)40-30(31,32)33/h4-13,16-19,21,26H,14-15H2,1-3H3,(H2,34,35,36)/b37-18-,38-29+. The summed E-state index contributed by atoms with van der Waals surface area (Å²) in [5, 5.41) is 9.65. The Morgan fingerprint density at radius 1 is 1.12 bits per heavy atom. The topological polar surface area (TPSA) is 87.9 Å². The van der Waals surface area contributed by atoms with Gasteiger partial charge in [0.05, 0.1) is 17.9 Å². The molecule has 7 nitrogen and oxygen atoms in total. The van der Waals surface area contributed by atoms with Gasteiger partial charge >= 0.3 is 6.36 Å². The van der Waals surface area contributed by atoms with Crippen molar-refractivity contribution in [3.05, 3.63) is 94.8 Å². The largest absolute Gasteiger partial charge is 0.573 e. The summed E-state index contributed by atoms with van der Waals surface area (Å²) in [5.74, 6) is 0.649. The Labute approximate surface area is 241 Å². The molecule has 2 aromatic rings. The third kappa shape index (κ3) is 8.68. The van der Waals surface area contributed by atoms with Crippen LogP contribution in [0.4, 0.5) is 18.9 Å². The molecule has 0 amide bonds. The van der Waals surface area contributed by atoms with Crippen LogP contribution in [0.15, 0.2) is 98.3 Å². The summed E-state index contributed by atoms with van der Waals surface area (Å²) in [5.41, 5.74) is 11.1. The molecule has 1 heterocycles. The lowest BCUT2D eigenvalue weighted by atomic mass is 9.97. The van der Waals surface area contributed by atoms with E-state index in [9.17, 15) is 13.2 Å². The van der Waals surface area contributed by atoms with E-state index in [1.807, 2.05) is 36.4 Å². The van der Waals surface area contributed by atoms with E-state index in [-0.39, 0.29) is 23.6 Å². The number of benzene rings is 2. The van der Waals surface area contributed by atoms with Crippen LogP contribution < -0.4 is 10.6 Å². The number of anilines is 1. The van der Waals surface area contributed by atoms with Crippen LogP contribution in [0.25, 0.3) is 6.08 Å². The van der Waals surface area contributed by atoms with E-state index in [0.717, 1.165) is 34.3 Å². The molecule has 0 radical (unpaired) electrons. The average Bonchev–Trinajstić information content (AvgIpc) is 3.37. The van der Waals surface area contributed by atoms with Gasteiger partial charge in [0.15, 0.2) is 5.17 Å². The molecule has 1 aliphatic carbocycles. The van der Waals surface area contributed by atoms with Crippen molar-refractivity contribution in [2.45, 2.75) is 33.2 Å². The first kappa shape index (κ1) is 29.9. The smallest absolute Gasteiger partial charge is 0.406 e. The van der Waals surface area contributed by atoms with E-state index in [2.05, 4.69) is 61.9 Å². The van der Waals surface area contributed by atoms with E-state index in [4.69, 9.17) is 5.73 Å². The quantitative estimate of drug-likeness (QED) is 0.212. The first-order valence-electron chi connectivity index (χ1n) is 13.0. The van der Waals surface area contributed by atoms with Gasteiger partial charge in [-0.3, -0.25) is 4.99 Å². The minimum absolute atomic E-state index is 0.251. The lowest BCUT2D eigenvalue weighted by molar-refractivity contribution is -0.303. The third-order valence-electron chi connectivity index (χ3n) is 6.10. The number of thioether (sulfide) groups is 1. The van der Waals surface area contributed by atoms with Crippen LogP contribution in [0.2, 0.25) is 0 Å². The van der Waals surface area contributed by atoms with Crippen LogP contribution in [0.5, 0.6) is 0 Å². The van der Waals surface area contributed by atoms with Crippen LogP contribution in [0.3, 0.4) is 0 Å². The Bertz CT molecular complexity index is 1440. The van der Waals surface area contributed by atoms with Gasteiger partial charge in [0.1, 0.15) is 17.9 Å². The molecule has 2 aliphatic rings. The second-order valence-corrected chi connectivity index (χ2v) is 10.7. The van der Waals surface area contributed by atoms with Crippen LogP contribution in [-0.2, 0) is 4.74 Å². The fourth-order valence-electron chi connectivity index (χ4n) is 4.18. The van der Waals surface area contributed by atoms with E-state index >= 15 is 0 Å². The molecular weight excluding hydrogens is 549 g/mol. The minimum Gasteiger partial charge on any atom is -0.406 e. The molecule has 1 saturated heterocycles. The number of nitrogens with zero attached hydrogens (tertiary/aromatic N) is 5. The van der Waals surface area contributed by atoms with Crippen molar-refractivity contribution in [3.8, 4) is 0 Å². The predicted octanol–water partition coefficient (Wildman–Crippen LogP) is 6.78. The van der Waals surface area contributed by atoms with Gasteiger partial charge < -0.3 is 15.4 Å². The summed E-state index contributed by atoms with van der Waals surface area (Å²) in [6.45, 7) is 6.77. The molecule has 4 rings (SSSR count). The van der Waals surface area contributed by atoms with Gasteiger partial charge in [-0.15, -0.1) is 18.3 Å². The minimum atomic E-state index is -4.73. The Balaban J connectivity index is 1.36. The van der Waals surface area contributed by atoms with E-state index < -0.39 is 6.36 Å². The highest BCUT2D eigenvalue weighted by atomic mass is 32.2. The molecule has 214 valence electrons. The zero-order chi connectivity index (χ0) is 29.4. The Hall–Kier alpha value is -4.12. The summed E-state index contributed by atoms with van der Waals surface area (Å²) in [7, 11) is 0. The Morgan fingerprint density at radius 2 is 1.88 bits per heavy atom. The van der Waals surface area contributed by atoms with Crippen molar-refractivity contribution >= 4 is 47.1 Å². The molecule has 2 aromatic carbocycles. The molecule has 11 heteroatoms. The maximum atomic E-state index is 12.4. The fourth-order valence-corrected chi connectivity index (χ4v) is 5.08. The van der Waals surface area contributed by atoms with Crippen molar-refractivity contribution in [1.82, 2.24) is 0 Å². The van der Waals surface area contributed by atoms with Gasteiger partial charge in [-0.25, -0.2) is 4.99 Å². The van der Waals surface area contributed by atoms with Crippen LogP contribution in [-0.4, -0.2) is 48.3 Å². The lowest BCUT2D eigenvalue weighted by Gasteiger charge is -2.20. The number of halogens is 3. The summed E-state index contributed by atoms with van der Waals surface area (Å²) in [4.78, 5) is 10.7. The van der Waals surface area contributed by atoms with Crippen LogP contribution in [0.1, 0.15) is 37.5 Å². The van der Waals surface area contributed by atoms with E-state index in [0.29, 0.717) is 5.56 Å². The highest BCUT2D eigenvalue weighted by molar-refractivity contribution is 8.14. The number of hydrogen-bond acceptors (Lipinski definition) is 5. The van der Waals surface area contributed by atoms with Crippen molar-refractivity contribution in [2.75, 3.05) is 17.2 Å². The molecule has 2 atom stereocenters. The number of rotatable bonds is 8. The van der Waals surface area contributed by atoms with Crippen molar-refractivity contribution in [2.24, 2.45) is 31.8 Å². The van der Waals surface area contributed by atoms with Gasteiger partial charge in [-0.05, 0) is 43.2 Å². The summed E-state index contributed by atoms with van der Waals surface area (Å²) in [6, 6.07) is 15.3. The molecule has 0 bridgehead atoms. The maximum Gasteiger partial charge on any atom is 0.573 e. The number of nitrogens with two attached hydrogens (primary N) is 1.